The van der Waals surface area contributed by atoms with E-state index in [0.717, 1.165) is 12.1 Å². The molecule has 0 radical (unpaired) electrons. The van der Waals surface area contributed by atoms with Gasteiger partial charge in [0.25, 0.3) is 5.91 Å². The molecule has 2 aromatic carbocycles. The zero-order valence-electron chi connectivity index (χ0n) is 18.8. The zero-order valence-corrected chi connectivity index (χ0v) is 18.8. The molecule has 7 nitrogen and oxygen atoms in total. The fourth-order valence-electron chi connectivity index (χ4n) is 3.46. The second-order valence-corrected chi connectivity index (χ2v) is 7.47. The van der Waals surface area contributed by atoms with Gasteiger partial charge in [0.15, 0.2) is 18.1 Å². The lowest BCUT2D eigenvalue weighted by Gasteiger charge is -2.36. The van der Waals surface area contributed by atoms with Crippen LogP contribution in [0.2, 0.25) is 0 Å². The minimum absolute atomic E-state index is 0.211. The van der Waals surface area contributed by atoms with E-state index in [4.69, 9.17) is 9.47 Å². The van der Waals surface area contributed by atoms with E-state index < -0.39 is 17.7 Å². The van der Waals surface area contributed by atoms with Crippen molar-refractivity contribution in [1.29, 1.82) is 0 Å². The number of anilines is 1. The van der Waals surface area contributed by atoms with E-state index >= 15 is 0 Å². The molecule has 1 aliphatic rings. The Morgan fingerprint density at radius 3 is 2.38 bits per heavy atom. The Bertz CT molecular complexity index is 1050. The molecule has 182 valence electrons. The monoisotopic (exact) mass is 478 g/mol. The summed E-state index contributed by atoms with van der Waals surface area (Å²) in [6, 6.07) is 10.2. The summed E-state index contributed by atoms with van der Waals surface area (Å²) in [6.45, 7) is 1.35. The summed E-state index contributed by atoms with van der Waals surface area (Å²) in [4.78, 5) is 27.3. The topological polar surface area (TPSA) is 68.3 Å². The SMILES string of the molecule is COC(=O)/C=C/c1ccc(OCC(=O)N2CCN(c3cccc(C(F)(F)F)c3)CC2)c(OC)c1. The largest absolute Gasteiger partial charge is 0.493 e. The molecule has 0 aliphatic carbocycles. The van der Waals surface area contributed by atoms with E-state index in [1.807, 2.05) is 4.90 Å². The van der Waals surface area contributed by atoms with Crippen molar-refractivity contribution in [2.24, 2.45) is 0 Å². The van der Waals surface area contributed by atoms with Crippen molar-refractivity contribution in [1.82, 2.24) is 4.90 Å². The Morgan fingerprint density at radius 1 is 1.00 bits per heavy atom. The molecule has 0 unspecified atom stereocenters. The van der Waals surface area contributed by atoms with Crippen molar-refractivity contribution in [2.45, 2.75) is 6.18 Å². The lowest BCUT2D eigenvalue weighted by atomic mass is 10.1. The van der Waals surface area contributed by atoms with Crippen molar-refractivity contribution in [3.8, 4) is 11.5 Å². The molecule has 10 heteroatoms. The van der Waals surface area contributed by atoms with Crippen molar-refractivity contribution in [3.05, 3.63) is 59.7 Å². The van der Waals surface area contributed by atoms with Crippen molar-refractivity contribution >= 4 is 23.6 Å². The van der Waals surface area contributed by atoms with Gasteiger partial charge in [-0.25, -0.2) is 4.79 Å². The van der Waals surface area contributed by atoms with Gasteiger partial charge < -0.3 is 24.0 Å². The van der Waals surface area contributed by atoms with Gasteiger partial charge in [0.1, 0.15) is 0 Å². The van der Waals surface area contributed by atoms with E-state index in [-0.39, 0.29) is 12.5 Å². The normalized spacial score (nSPS) is 14.3. The van der Waals surface area contributed by atoms with Crippen LogP contribution in [0.1, 0.15) is 11.1 Å². The maximum absolute atomic E-state index is 13.0. The fourth-order valence-corrected chi connectivity index (χ4v) is 3.46. The smallest absolute Gasteiger partial charge is 0.416 e. The second-order valence-electron chi connectivity index (χ2n) is 7.47. The highest BCUT2D eigenvalue weighted by molar-refractivity contribution is 5.87. The number of esters is 1. The van der Waals surface area contributed by atoms with Crippen molar-refractivity contribution in [2.75, 3.05) is 51.9 Å². The minimum atomic E-state index is -4.40. The Kier molecular flexibility index (Phi) is 8.04. The number of carbonyl (C=O) groups is 2. The standard InChI is InChI=1S/C24H25F3N2O5/c1-32-21-14-17(7-9-23(31)33-2)6-8-20(21)34-16-22(30)29-12-10-28(11-13-29)19-5-3-4-18(15-19)24(25,26)27/h3-9,14-15H,10-13,16H2,1-2H3/b9-7+. The number of rotatable bonds is 7. The van der Waals surface area contributed by atoms with Crippen LogP contribution >= 0.6 is 0 Å². The predicted molar refractivity (Wildman–Crippen MR) is 120 cm³/mol. The summed E-state index contributed by atoms with van der Waals surface area (Å²) in [5, 5.41) is 0. The molecule has 0 N–H and O–H groups in total. The number of piperazine rings is 1. The summed E-state index contributed by atoms with van der Waals surface area (Å²) in [6.07, 6.45) is -1.56. The minimum Gasteiger partial charge on any atom is -0.493 e. The third-order valence-corrected chi connectivity index (χ3v) is 5.32. The van der Waals surface area contributed by atoms with E-state index in [1.165, 1.54) is 26.4 Å². The average molecular weight is 478 g/mol. The molecular formula is C24H25F3N2O5. The number of hydrogen-bond donors (Lipinski definition) is 0. The first-order chi connectivity index (χ1) is 16.2. The third-order valence-electron chi connectivity index (χ3n) is 5.32. The number of alkyl halides is 3. The summed E-state index contributed by atoms with van der Waals surface area (Å²) < 4.78 is 54.4. The van der Waals surface area contributed by atoms with Crippen LogP contribution in [0.4, 0.5) is 18.9 Å². The maximum atomic E-state index is 13.0. The lowest BCUT2D eigenvalue weighted by Crippen LogP contribution is -2.50. The van der Waals surface area contributed by atoms with E-state index in [1.54, 1.807) is 35.2 Å². The first-order valence-corrected chi connectivity index (χ1v) is 10.5. The number of halogens is 3. The number of benzene rings is 2. The molecule has 34 heavy (non-hydrogen) atoms. The molecule has 1 heterocycles. The van der Waals surface area contributed by atoms with Crippen LogP contribution in [0.25, 0.3) is 6.08 Å². The first kappa shape index (κ1) is 24.9. The number of ether oxygens (including phenoxy) is 3. The van der Waals surface area contributed by atoms with Gasteiger partial charge in [0, 0.05) is 37.9 Å². The molecule has 0 saturated carbocycles. The summed E-state index contributed by atoms with van der Waals surface area (Å²) in [5.41, 5.74) is 0.466. The average Bonchev–Trinajstić information content (AvgIpc) is 2.85. The molecule has 2 aromatic rings. The van der Waals surface area contributed by atoms with Crippen LogP contribution in [0.5, 0.6) is 11.5 Å². The Balaban J connectivity index is 1.55. The molecule has 0 spiro atoms. The van der Waals surface area contributed by atoms with Gasteiger partial charge in [-0.2, -0.15) is 13.2 Å². The molecule has 1 fully saturated rings. The van der Waals surface area contributed by atoms with Gasteiger partial charge in [-0.3, -0.25) is 4.79 Å². The Morgan fingerprint density at radius 2 is 1.74 bits per heavy atom. The van der Waals surface area contributed by atoms with Gasteiger partial charge >= 0.3 is 12.1 Å². The van der Waals surface area contributed by atoms with E-state index in [0.29, 0.717) is 48.9 Å². The molecule has 0 aromatic heterocycles. The number of hydrogen-bond acceptors (Lipinski definition) is 6. The zero-order chi connectivity index (χ0) is 24.7. The highest BCUT2D eigenvalue weighted by atomic mass is 19.4. The maximum Gasteiger partial charge on any atom is 0.416 e. The van der Waals surface area contributed by atoms with Gasteiger partial charge in [-0.15, -0.1) is 0 Å². The van der Waals surface area contributed by atoms with Gasteiger partial charge in [-0.1, -0.05) is 12.1 Å². The van der Waals surface area contributed by atoms with Gasteiger partial charge in [0.05, 0.1) is 19.8 Å². The van der Waals surface area contributed by atoms with Gasteiger partial charge in [0.2, 0.25) is 0 Å². The van der Waals surface area contributed by atoms with Crippen LogP contribution in [0.3, 0.4) is 0 Å². The van der Waals surface area contributed by atoms with E-state index in [9.17, 15) is 22.8 Å². The van der Waals surface area contributed by atoms with Crippen LogP contribution in [-0.4, -0.2) is 63.8 Å². The highest BCUT2D eigenvalue weighted by Crippen LogP contribution is 2.32. The molecule has 1 saturated heterocycles. The second kappa shape index (κ2) is 11.0. The Hall–Kier alpha value is -3.69. The molecule has 0 bridgehead atoms. The number of methoxy groups -OCH3 is 2. The van der Waals surface area contributed by atoms with Crippen LogP contribution in [0, 0.1) is 0 Å². The third kappa shape index (κ3) is 6.43. The predicted octanol–water partition coefficient (Wildman–Crippen LogP) is 3.63. The number of carbonyl (C=O) groups excluding carboxylic acids is 2. The Labute approximate surface area is 195 Å². The van der Waals surface area contributed by atoms with Crippen LogP contribution in [-0.2, 0) is 20.5 Å². The van der Waals surface area contributed by atoms with Crippen LogP contribution < -0.4 is 14.4 Å². The number of nitrogens with zero attached hydrogens (tertiary/aromatic N) is 2. The molecule has 1 aliphatic heterocycles. The quantitative estimate of drug-likeness (QED) is 0.447. The summed E-state index contributed by atoms with van der Waals surface area (Å²) in [5.74, 6) is 0.0429. The number of amides is 1. The van der Waals surface area contributed by atoms with Crippen molar-refractivity contribution in [3.63, 3.8) is 0 Å². The highest BCUT2D eigenvalue weighted by Gasteiger charge is 2.31. The summed E-state index contributed by atoms with van der Waals surface area (Å²) >= 11 is 0. The lowest BCUT2D eigenvalue weighted by molar-refractivity contribution is -0.137. The van der Waals surface area contributed by atoms with Gasteiger partial charge in [-0.05, 0) is 42.0 Å². The van der Waals surface area contributed by atoms with Crippen molar-refractivity contribution < 1.29 is 37.0 Å². The van der Waals surface area contributed by atoms with E-state index in [2.05, 4.69) is 4.74 Å². The molecule has 1 amide bonds. The molecular weight excluding hydrogens is 453 g/mol. The summed E-state index contributed by atoms with van der Waals surface area (Å²) in [7, 11) is 2.75. The molecule has 3 rings (SSSR count). The fraction of sp³-hybridized carbons (Fsp3) is 0.333. The molecule has 0 atom stereocenters. The first-order valence-electron chi connectivity index (χ1n) is 10.5. The van der Waals surface area contributed by atoms with Crippen LogP contribution in [0.15, 0.2) is 48.5 Å².